The van der Waals surface area contributed by atoms with E-state index in [4.69, 9.17) is 15.6 Å². The Bertz CT molecular complexity index is 342. The number of aliphatic hydroxyl groups excluding tert-OH is 1. The number of aliphatic hydroxyl groups is 1. The van der Waals surface area contributed by atoms with Crippen molar-refractivity contribution >= 4 is 0 Å². The lowest BCUT2D eigenvalue weighted by Gasteiger charge is -2.16. The van der Waals surface area contributed by atoms with Crippen molar-refractivity contribution in [3.8, 4) is 5.75 Å². The van der Waals surface area contributed by atoms with E-state index in [0.29, 0.717) is 12.4 Å². The van der Waals surface area contributed by atoms with Gasteiger partial charge in [0.15, 0.2) is 0 Å². The summed E-state index contributed by atoms with van der Waals surface area (Å²) in [6.45, 7) is 4.06. The molecular weight excluding hydrogens is 209 g/mol. The molecule has 0 radical (unpaired) electrons. The fourth-order valence-electron chi connectivity index (χ4n) is 1.29. The SMILES string of the molecule is CC(CO)COc1cc(F)ccc1[C@@H](C)N. The molecule has 0 spiro atoms. The van der Waals surface area contributed by atoms with E-state index in [1.165, 1.54) is 12.1 Å². The fourth-order valence-corrected chi connectivity index (χ4v) is 1.29. The average molecular weight is 227 g/mol. The first-order chi connectivity index (χ1) is 7.54. The van der Waals surface area contributed by atoms with Gasteiger partial charge in [0.25, 0.3) is 0 Å². The standard InChI is InChI=1S/C12H18FNO2/c1-8(6-15)7-16-12-5-10(13)3-4-11(12)9(2)14/h3-5,8-9,15H,6-7,14H2,1-2H3/t8?,9-/m1/s1. The van der Waals surface area contributed by atoms with Crippen molar-refractivity contribution in [2.24, 2.45) is 11.7 Å². The number of hydrogen-bond acceptors (Lipinski definition) is 3. The Morgan fingerprint density at radius 2 is 2.12 bits per heavy atom. The maximum absolute atomic E-state index is 13.0. The number of nitrogens with two attached hydrogens (primary N) is 1. The molecular formula is C12H18FNO2. The van der Waals surface area contributed by atoms with Gasteiger partial charge in [-0.25, -0.2) is 4.39 Å². The van der Waals surface area contributed by atoms with Crippen LogP contribution < -0.4 is 10.5 Å². The van der Waals surface area contributed by atoms with Gasteiger partial charge in [0, 0.05) is 30.2 Å². The number of rotatable bonds is 5. The highest BCUT2D eigenvalue weighted by molar-refractivity contribution is 5.36. The van der Waals surface area contributed by atoms with Crippen LogP contribution >= 0.6 is 0 Å². The predicted octanol–water partition coefficient (Wildman–Crippen LogP) is 1.85. The molecule has 1 unspecified atom stereocenters. The molecule has 0 saturated heterocycles. The van der Waals surface area contributed by atoms with Gasteiger partial charge in [-0.2, -0.15) is 0 Å². The molecule has 3 N–H and O–H groups in total. The highest BCUT2D eigenvalue weighted by atomic mass is 19.1. The minimum absolute atomic E-state index is 0.0178. The van der Waals surface area contributed by atoms with Crippen molar-refractivity contribution in [1.82, 2.24) is 0 Å². The maximum Gasteiger partial charge on any atom is 0.126 e. The smallest absolute Gasteiger partial charge is 0.126 e. The molecule has 1 aromatic rings. The number of hydrogen-bond donors (Lipinski definition) is 2. The van der Waals surface area contributed by atoms with Crippen LogP contribution in [0.2, 0.25) is 0 Å². The van der Waals surface area contributed by atoms with Crippen LogP contribution in [-0.4, -0.2) is 18.3 Å². The van der Waals surface area contributed by atoms with Crippen LogP contribution in [0.3, 0.4) is 0 Å². The zero-order valence-electron chi connectivity index (χ0n) is 9.61. The monoisotopic (exact) mass is 227 g/mol. The largest absolute Gasteiger partial charge is 0.493 e. The normalized spacial score (nSPS) is 14.6. The van der Waals surface area contributed by atoms with Gasteiger partial charge in [-0.3, -0.25) is 0 Å². The molecule has 0 bridgehead atoms. The molecule has 3 nitrogen and oxygen atoms in total. The van der Waals surface area contributed by atoms with E-state index in [2.05, 4.69) is 0 Å². The summed E-state index contributed by atoms with van der Waals surface area (Å²) in [4.78, 5) is 0. The Morgan fingerprint density at radius 3 is 2.69 bits per heavy atom. The van der Waals surface area contributed by atoms with E-state index in [-0.39, 0.29) is 24.4 Å². The third kappa shape index (κ3) is 3.47. The highest BCUT2D eigenvalue weighted by Gasteiger charge is 2.10. The van der Waals surface area contributed by atoms with E-state index < -0.39 is 0 Å². The van der Waals surface area contributed by atoms with Gasteiger partial charge < -0.3 is 15.6 Å². The zero-order chi connectivity index (χ0) is 12.1. The van der Waals surface area contributed by atoms with Crippen LogP contribution in [0.1, 0.15) is 25.5 Å². The molecule has 4 heteroatoms. The summed E-state index contributed by atoms with van der Waals surface area (Å²) >= 11 is 0. The number of halogens is 1. The second kappa shape index (κ2) is 5.82. The molecule has 1 rings (SSSR count). The second-order valence-corrected chi connectivity index (χ2v) is 4.07. The van der Waals surface area contributed by atoms with Crippen molar-refractivity contribution in [2.75, 3.05) is 13.2 Å². The van der Waals surface area contributed by atoms with E-state index in [9.17, 15) is 4.39 Å². The molecule has 1 aromatic carbocycles. The van der Waals surface area contributed by atoms with Gasteiger partial charge in [-0.05, 0) is 13.0 Å². The fraction of sp³-hybridized carbons (Fsp3) is 0.500. The third-order valence-electron chi connectivity index (χ3n) is 2.30. The van der Waals surface area contributed by atoms with Crippen molar-refractivity contribution < 1.29 is 14.2 Å². The maximum atomic E-state index is 13.0. The first kappa shape index (κ1) is 12.9. The van der Waals surface area contributed by atoms with E-state index >= 15 is 0 Å². The third-order valence-corrected chi connectivity index (χ3v) is 2.30. The molecule has 0 aliphatic heterocycles. The van der Waals surface area contributed by atoms with Crippen molar-refractivity contribution in [1.29, 1.82) is 0 Å². The van der Waals surface area contributed by atoms with Gasteiger partial charge in [0.2, 0.25) is 0 Å². The van der Waals surface area contributed by atoms with E-state index in [0.717, 1.165) is 5.56 Å². The zero-order valence-corrected chi connectivity index (χ0v) is 9.61. The molecule has 16 heavy (non-hydrogen) atoms. The van der Waals surface area contributed by atoms with Gasteiger partial charge in [-0.1, -0.05) is 13.0 Å². The second-order valence-electron chi connectivity index (χ2n) is 4.07. The lowest BCUT2D eigenvalue weighted by Crippen LogP contribution is -2.14. The minimum atomic E-state index is -0.351. The summed E-state index contributed by atoms with van der Waals surface area (Å²) in [7, 11) is 0. The predicted molar refractivity (Wildman–Crippen MR) is 60.7 cm³/mol. The molecule has 0 aromatic heterocycles. The lowest BCUT2D eigenvalue weighted by atomic mass is 10.1. The van der Waals surface area contributed by atoms with E-state index in [1.807, 2.05) is 13.8 Å². The summed E-state index contributed by atoms with van der Waals surface area (Å²) in [5.74, 6) is 0.121. The average Bonchev–Trinajstić information content (AvgIpc) is 2.25. The Morgan fingerprint density at radius 1 is 1.44 bits per heavy atom. The van der Waals surface area contributed by atoms with Gasteiger partial charge in [0.05, 0.1) is 6.61 Å². The van der Waals surface area contributed by atoms with Gasteiger partial charge in [-0.15, -0.1) is 0 Å². The molecule has 0 aliphatic carbocycles. The Hall–Kier alpha value is -1.13. The van der Waals surface area contributed by atoms with Crippen molar-refractivity contribution in [3.63, 3.8) is 0 Å². The summed E-state index contributed by atoms with van der Waals surface area (Å²) in [6, 6.07) is 4.10. The first-order valence-corrected chi connectivity index (χ1v) is 5.33. The van der Waals surface area contributed by atoms with E-state index in [1.54, 1.807) is 6.07 Å². The van der Waals surface area contributed by atoms with Crippen LogP contribution in [0.15, 0.2) is 18.2 Å². The molecule has 0 fully saturated rings. The topological polar surface area (TPSA) is 55.5 Å². The van der Waals surface area contributed by atoms with Crippen LogP contribution in [0, 0.1) is 11.7 Å². The minimum Gasteiger partial charge on any atom is -0.493 e. The van der Waals surface area contributed by atoms with Crippen LogP contribution in [0.5, 0.6) is 5.75 Å². The number of ether oxygens (including phenoxy) is 1. The van der Waals surface area contributed by atoms with Crippen LogP contribution in [-0.2, 0) is 0 Å². The van der Waals surface area contributed by atoms with Crippen LogP contribution in [0.25, 0.3) is 0 Å². The summed E-state index contributed by atoms with van der Waals surface area (Å²) in [5, 5.41) is 8.87. The summed E-state index contributed by atoms with van der Waals surface area (Å²) in [5.41, 5.74) is 6.52. The van der Waals surface area contributed by atoms with Crippen LogP contribution in [0.4, 0.5) is 4.39 Å². The molecule has 0 amide bonds. The molecule has 0 saturated carbocycles. The molecule has 0 heterocycles. The van der Waals surface area contributed by atoms with Crippen molar-refractivity contribution in [3.05, 3.63) is 29.6 Å². The number of benzene rings is 1. The molecule has 0 aliphatic rings. The van der Waals surface area contributed by atoms with Crippen molar-refractivity contribution in [2.45, 2.75) is 19.9 Å². The first-order valence-electron chi connectivity index (χ1n) is 5.33. The summed E-state index contributed by atoms with van der Waals surface area (Å²) < 4.78 is 18.5. The summed E-state index contributed by atoms with van der Waals surface area (Å²) in [6.07, 6.45) is 0. The Labute approximate surface area is 95.0 Å². The quantitative estimate of drug-likeness (QED) is 0.807. The lowest BCUT2D eigenvalue weighted by molar-refractivity contribution is 0.173. The Balaban J connectivity index is 2.80. The molecule has 2 atom stereocenters. The van der Waals surface area contributed by atoms with Gasteiger partial charge >= 0.3 is 0 Å². The highest BCUT2D eigenvalue weighted by Crippen LogP contribution is 2.25. The van der Waals surface area contributed by atoms with Gasteiger partial charge in [0.1, 0.15) is 11.6 Å². The molecule has 90 valence electrons. The Kier molecular flexibility index (Phi) is 4.71.